The van der Waals surface area contributed by atoms with Crippen LogP contribution in [0.5, 0.6) is 0 Å². The minimum atomic E-state index is 0.150. The molecule has 0 saturated carbocycles. The van der Waals surface area contributed by atoms with E-state index < -0.39 is 0 Å². The lowest BCUT2D eigenvalue weighted by atomic mass is 10.0. The van der Waals surface area contributed by atoms with Crippen molar-refractivity contribution in [1.82, 2.24) is 0 Å². The molecule has 2 aromatic rings. The van der Waals surface area contributed by atoms with Crippen molar-refractivity contribution < 1.29 is 0 Å². The highest BCUT2D eigenvalue weighted by molar-refractivity contribution is 6.30. The fourth-order valence-corrected chi connectivity index (χ4v) is 2.77. The number of nitrogens with zero attached hydrogens (tertiary/aromatic N) is 2. The smallest absolute Gasteiger partial charge is 0.0643 e. The fraction of sp³-hybridized carbons (Fsp3) is 0.278. The summed E-state index contributed by atoms with van der Waals surface area (Å²) in [6.07, 6.45) is 1.40. The van der Waals surface area contributed by atoms with Gasteiger partial charge >= 0.3 is 0 Å². The number of hydrogen-bond donors (Lipinski definition) is 0. The SMILES string of the molecule is CCC(CC#N)N(c1ccccc1)c1ccc(Cl)cc1C. The van der Waals surface area contributed by atoms with Crippen molar-refractivity contribution in [2.24, 2.45) is 0 Å². The number of para-hydroxylation sites is 1. The molecular weight excluding hydrogens is 280 g/mol. The highest BCUT2D eigenvalue weighted by atomic mass is 35.5. The molecule has 0 aliphatic rings. The quantitative estimate of drug-likeness (QED) is 0.731. The molecule has 0 spiro atoms. The first-order valence-corrected chi connectivity index (χ1v) is 7.52. The van der Waals surface area contributed by atoms with E-state index in [2.05, 4.69) is 36.9 Å². The second kappa shape index (κ2) is 7.15. The van der Waals surface area contributed by atoms with Gasteiger partial charge in [0.05, 0.1) is 12.5 Å². The van der Waals surface area contributed by atoms with E-state index in [1.54, 1.807) is 0 Å². The van der Waals surface area contributed by atoms with Crippen LogP contribution in [-0.4, -0.2) is 6.04 Å². The van der Waals surface area contributed by atoms with E-state index in [1.807, 2.05) is 36.4 Å². The third-order valence-electron chi connectivity index (χ3n) is 3.62. The summed E-state index contributed by atoms with van der Waals surface area (Å²) in [5.74, 6) is 0. The van der Waals surface area contributed by atoms with Crippen LogP contribution in [-0.2, 0) is 0 Å². The molecule has 0 fully saturated rings. The summed E-state index contributed by atoms with van der Waals surface area (Å²) >= 11 is 6.07. The van der Waals surface area contributed by atoms with Crippen LogP contribution >= 0.6 is 11.6 Å². The highest BCUT2D eigenvalue weighted by Crippen LogP contribution is 2.33. The Hall–Kier alpha value is -1.98. The van der Waals surface area contributed by atoms with Gasteiger partial charge in [-0.15, -0.1) is 0 Å². The summed E-state index contributed by atoms with van der Waals surface area (Å²) in [5, 5.41) is 9.86. The Kier molecular flexibility index (Phi) is 5.25. The first kappa shape index (κ1) is 15.4. The van der Waals surface area contributed by atoms with Gasteiger partial charge in [-0.2, -0.15) is 5.26 Å². The minimum Gasteiger partial charge on any atom is -0.337 e. The molecule has 0 aliphatic heterocycles. The normalized spacial score (nSPS) is 11.7. The predicted octanol–water partition coefficient (Wildman–Crippen LogP) is 5.48. The third-order valence-corrected chi connectivity index (χ3v) is 3.85. The van der Waals surface area contributed by atoms with Gasteiger partial charge in [0.1, 0.15) is 0 Å². The molecule has 0 saturated heterocycles. The Bertz CT molecular complexity index is 631. The second-order valence-electron chi connectivity index (χ2n) is 5.06. The van der Waals surface area contributed by atoms with Crippen molar-refractivity contribution in [3.63, 3.8) is 0 Å². The van der Waals surface area contributed by atoms with Crippen LogP contribution < -0.4 is 4.90 Å². The summed E-state index contributed by atoms with van der Waals surface area (Å²) in [7, 11) is 0. The average molecular weight is 299 g/mol. The van der Waals surface area contributed by atoms with Crippen LogP contribution in [0.3, 0.4) is 0 Å². The van der Waals surface area contributed by atoms with Gasteiger partial charge in [0.25, 0.3) is 0 Å². The molecule has 2 rings (SSSR count). The number of hydrogen-bond acceptors (Lipinski definition) is 2. The zero-order valence-corrected chi connectivity index (χ0v) is 13.1. The highest BCUT2D eigenvalue weighted by Gasteiger charge is 2.20. The lowest BCUT2D eigenvalue weighted by Crippen LogP contribution is -2.30. The third kappa shape index (κ3) is 3.56. The van der Waals surface area contributed by atoms with Gasteiger partial charge in [-0.3, -0.25) is 0 Å². The molecule has 21 heavy (non-hydrogen) atoms. The Labute approximate surface area is 131 Å². The van der Waals surface area contributed by atoms with Crippen LogP contribution in [0.4, 0.5) is 11.4 Å². The molecule has 0 amide bonds. The predicted molar refractivity (Wildman–Crippen MR) is 89.1 cm³/mol. The maximum Gasteiger partial charge on any atom is 0.0643 e. The largest absolute Gasteiger partial charge is 0.337 e. The van der Waals surface area contributed by atoms with E-state index in [9.17, 15) is 0 Å². The first-order valence-electron chi connectivity index (χ1n) is 7.14. The van der Waals surface area contributed by atoms with Gasteiger partial charge in [0.2, 0.25) is 0 Å². The van der Waals surface area contributed by atoms with Crippen molar-refractivity contribution in [3.05, 3.63) is 59.1 Å². The Morgan fingerprint density at radius 1 is 1.19 bits per heavy atom. The van der Waals surface area contributed by atoms with E-state index in [1.165, 1.54) is 0 Å². The lowest BCUT2D eigenvalue weighted by molar-refractivity contribution is 0.642. The summed E-state index contributed by atoms with van der Waals surface area (Å²) < 4.78 is 0. The van der Waals surface area contributed by atoms with Crippen molar-refractivity contribution in [3.8, 4) is 6.07 Å². The molecule has 0 aromatic heterocycles. The standard InChI is InChI=1S/C18H19ClN2/c1-3-16(11-12-20)21(17-7-5-4-6-8-17)18-10-9-15(19)13-14(18)2/h4-10,13,16H,3,11H2,1-2H3. The van der Waals surface area contributed by atoms with E-state index in [-0.39, 0.29) is 6.04 Å². The van der Waals surface area contributed by atoms with Crippen molar-refractivity contribution in [1.29, 1.82) is 5.26 Å². The van der Waals surface area contributed by atoms with Gasteiger partial charge in [-0.05, 0) is 49.2 Å². The van der Waals surface area contributed by atoms with Crippen LogP contribution in [0.25, 0.3) is 0 Å². The lowest BCUT2D eigenvalue weighted by Gasteiger charge is -2.33. The summed E-state index contributed by atoms with van der Waals surface area (Å²) in [4.78, 5) is 2.24. The van der Waals surface area contributed by atoms with Crippen LogP contribution in [0.2, 0.25) is 5.02 Å². The zero-order chi connectivity index (χ0) is 15.2. The molecule has 0 radical (unpaired) electrons. The van der Waals surface area contributed by atoms with Crippen molar-refractivity contribution >= 4 is 23.0 Å². The number of nitriles is 1. The van der Waals surface area contributed by atoms with Gasteiger partial charge < -0.3 is 4.90 Å². The summed E-state index contributed by atoms with van der Waals surface area (Å²) in [6, 6.07) is 18.5. The van der Waals surface area contributed by atoms with Gasteiger partial charge in [-0.1, -0.05) is 36.7 Å². The number of aryl methyl sites for hydroxylation is 1. The van der Waals surface area contributed by atoms with E-state index >= 15 is 0 Å². The molecule has 108 valence electrons. The molecule has 2 nitrogen and oxygen atoms in total. The fourth-order valence-electron chi connectivity index (χ4n) is 2.55. The van der Waals surface area contributed by atoms with E-state index in [4.69, 9.17) is 16.9 Å². The summed E-state index contributed by atoms with van der Waals surface area (Å²) in [5.41, 5.74) is 3.32. The average Bonchev–Trinajstić information content (AvgIpc) is 2.49. The topological polar surface area (TPSA) is 27.0 Å². The Morgan fingerprint density at radius 2 is 1.90 bits per heavy atom. The van der Waals surface area contributed by atoms with Crippen LogP contribution in [0, 0.1) is 18.3 Å². The number of benzene rings is 2. The molecule has 0 heterocycles. The Balaban J connectivity index is 2.52. The number of halogens is 1. The van der Waals surface area contributed by atoms with Gasteiger partial charge in [-0.25, -0.2) is 0 Å². The van der Waals surface area contributed by atoms with E-state index in [0.29, 0.717) is 6.42 Å². The maximum atomic E-state index is 9.13. The molecule has 1 unspecified atom stereocenters. The molecule has 1 atom stereocenters. The molecule has 0 aliphatic carbocycles. The van der Waals surface area contributed by atoms with Crippen LogP contribution in [0.1, 0.15) is 25.3 Å². The number of anilines is 2. The number of rotatable bonds is 5. The molecule has 3 heteroatoms. The van der Waals surface area contributed by atoms with Crippen LogP contribution in [0.15, 0.2) is 48.5 Å². The van der Waals surface area contributed by atoms with Gasteiger partial charge in [0.15, 0.2) is 0 Å². The van der Waals surface area contributed by atoms with Crippen molar-refractivity contribution in [2.45, 2.75) is 32.7 Å². The molecule has 2 aromatic carbocycles. The maximum absolute atomic E-state index is 9.13. The van der Waals surface area contributed by atoms with Gasteiger partial charge in [0, 0.05) is 22.4 Å². The summed E-state index contributed by atoms with van der Waals surface area (Å²) in [6.45, 7) is 4.17. The minimum absolute atomic E-state index is 0.150. The molecule has 0 bridgehead atoms. The first-order chi connectivity index (χ1) is 10.2. The van der Waals surface area contributed by atoms with Crippen molar-refractivity contribution in [2.75, 3.05) is 4.90 Å². The van der Waals surface area contributed by atoms with E-state index in [0.717, 1.165) is 28.4 Å². The zero-order valence-electron chi connectivity index (χ0n) is 12.4. The monoisotopic (exact) mass is 298 g/mol. The second-order valence-corrected chi connectivity index (χ2v) is 5.50. The molecule has 0 N–H and O–H groups in total. The molecular formula is C18H19ClN2. The Morgan fingerprint density at radius 3 is 2.48 bits per heavy atom.